The summed E-state index contributed by atoms with van der Waals surface area (Å²) >= 11 is 0. The third kappa shape index (κ3) is 39.7. The molecular weight excluding hydrogens is 673 g/mol. The molecule has 0 saturated heterocycles. The maximum Gasteiger partial charge on any atom is 0.472 e. The lowest BCUT2D eigenvalue weighted by Crippen LogP contribution is -2.37. The number of phosphoric ester groups is 1. The Morgan fingerprint density at radius 2 is 1.12 bits per heavy atom. The minimum atomic E-state index is -4.28. The van der Waals surface area contributed by atoms with E-state index in [4.69, 9.17) is 18.5 Å². The average molecular weight is 755 g/mol. The lowest BCUT2D eigenvalue weighted by molar-refractivity contribution is -0.870. The summed E-state index contributed by atoms with van der Waals surface area (Å²) in [7, 11) is 1.64. The third-order valence-corrected chi connectivity index (χ3v) is 9.64. The Labute approximate surface area is 320 Å². The van der Waals surface area contributed by atoms with Crippen LogP contribution in [0, 0.1) is 0 Å². The monoisotopic (exact) mass is 755 g/mol. The predicted octanol–water partition coefficient (Wildman–Crippen LogP) is 12.0. The summed E-state index contributed by atoms with van der Waals surface area (Å²) in [5.41, 5.74) is 0. The van der Waals surface area contributed by atoms with Crippen LogP contribution in [0.25, 0.3) is 0 Å². The van der Waals surface area contributed by atoms with Gasteiger partial charge in [-0.2, -0.15) is 0 Å². The van der Waals surface area contributed by atoms with Crippen LogP contribution in [-0.4, -0.2) is 75.6 Å². The molecule has 0 radical (unpaired) electrons. The van der Waals surface area contributed by atoms with E-state index >= 15 is 0 Å². The standard InChI is InChI=1S/C43H80NO7P/c1-6-8-10-12-14-16-18-20-22-24-26-28-30-32-34-36-43(45)51-42(41-50-52(46,47)49-39-37-44(3,4)5)40-48-38-35-33-31-29-27-25-23-21-19-17-15-13-11-9-7-2/h8,10,14,16,20,22,26,28,42H,6-7,9,11-13,15,17-19,21,23-25,27,29-41H2,1-5H3/p+1/b10-8-,16-14-,22-20-,28-26-. The zero-order valence-electron chi connectivity index (χ0n) is 34.3. The maximum atomic E-state index is 12.6. The maximum absolute atomic E-state index is 12.6. The molecular formula is C43H81NO7P+. The SMILES string of the molecule is CC/C=C\C/C=C\C/C=C\C/C=C\CCCCC(=O)OC(COCCCCCCCCCCCCCCCCC)COP(=O)(O)OCC[N+](C)(C)C. The van der Waals surface area contributed by atoms with Crippen molar-refractivity contribution in [1.29, 1.82) is 0 Å². The van der Waals surface area contributed by atoms with Gasteiger partial charge in [0.05, 0.1) is 34.4 Å². The number of unbranched alkanes of at least 4 members (excludes halogenated alkanes) is 16. The summed E-state index contributed by atoms with van der Waals surface area (Å²) in [6.07, 6.45) is 42.9. The predicted molar refractivity (Wildman–Crippen MR) is 219 cm³/mol. The molecule has 2 unspecified atom stereocenters. The van der Waals surface area contributed by atoms with Crippen molar-refractivity contribution in [2.75, 3.05) is 54.1 Å². The molecule has 0 amide bonds. The molecule has 0 saturated carbocycles. The molecule has 304 valence electrons. The minimum Gasteiger partial charge on any atom is -0.457 e. The largest absolute Gasteiger partial charge is 0.472 e. The molecule has 0 aromatic rings. The van der Waals surface area contributed by atoms with Gasteiger partial charge in [0.1, 0.15) is 19.3 Å². The Bertz CT molecular complexity index is 973. The van der Waals surface area contributed by atoms with E-state index in [1.807, 2.05) is 21.1 Å². The van der Waals surface area contributed by atoms with Crippen LogP contribution in [0.5, 0.6) is 0 Å². The first kappa shape index (κ1) is 50.5. The topological polar surface area (TPSA) is 91.3 Å². The van der Waals surface area contributed by atoms with Crippen molar-refractivity contribution in [3.05, 3.63) is 48.6 Å². The quantitative estimate of drug-likeness (QED) is 0.0221. The van der Waals surface area contributed by atoms with E-state index in [1.54, 1.807) is 0 Å². The number of rotatable bonds is 38. The number of likely N-dealkylation sites (N-methyl/N-ethyl adjacent to an activating group) is 1. The highest BCUT2D eigenvalue weighted by molar-refractivity contribution is 7.47. The summed E-state index contributed by atoms with van der Waals surface area (Å²) in [4.78, 5) is 22.8. The van der Waals surface area contributed by atoms with Crippen LogP contribution in [0.2, 0.25) is 0 Å². The van der Waals surface area contributed by atoms with Crippen molar-refractivity contribution in [3.63, 3.8) is 0 Å². The van der Waals surface area contributed by atoms with Gasteiger partial charge in [-0.3, -0.25) is 13.8 Å². The van der Waals surface area contributed by atoms with Crippen LogP contribution in [0.4, 0.5) is 0 Å². The summed E-state index contributed by atoms with van der Waals surface area (Å²) in [5.74, 6) is -0.354. The van der Waals surface area contributed by atoms with E-state index in [1.165, 1.54) is 83.5 Å². The van der Waals surface area contributed by atoms with Gasteiger partial charge in [0.2, 0.25) is 0 Å². The number of quaternary nitrogens is 1. The van der Waals surface area contributed by atoms with Crippen LogP contribution >= 0.6 is 7.82 Å². The second kappa shape index (κ2) is 36.4. The van der Waals surface area contributed by atoms with Gasteiger partial charge in [0.25, 0.3) is 0 Å². The number of ether oxygens (including phenoxy) is 2. The fourth-order valence-corrected chi connectivity index (χ4v) is 6.17. The third-order valence-electron chi connectivity index (χ3n) is 8.65. The highest BCUT2D eigenvalue weighted by Crippen LogP contribution is 2.43. The Kier molecular flexibility index (Phi) is 35.4. The zero-order valence-corrected chi connectivity index (χ0v) is 35.2. The normalized spacial score (nSPS) is 14.3. The van der Waals surface area contributed by atoms with Crippen molar-refractivity contribution < 1.29 is 37.3 Å². The van der Waals surface area contributed by atoms with Crippen molar-refractivity contribution >= 4 is 13.8 Å². The van der Waals surface area contributed by atoms with Crippen molar-refractivity contribution in [2.24, 2.45) is 0 Å². The highest BCUT2D eigenvalue weighted by Gasteiger charge is 2.26. The molecule has 0 spiro atoms. The van der Waals surface area contributed by atoms with Gasteiger partial charge in [0, 0.05) is 13.0 Å². The molecule has 0 rings (SSSR count). The van der Waals surface area contributed by atoms with Crippen molar-refractivity contribution in [1.82, 2.24) is 0 Å². The number of hydrogen-bond donors (Lipinski definition) is 1. The van der Waals surface area contributed by atoms with Gasteiger partial charge in [-0.1, -0.05) is 152 Å². The molecule has 0 bridgehead atoms. The number of carbonyl (C=O) groups excluding carboxylic acids is 1. The summed E-state index contributed by atoms with van der Waals surface area (Å²) < 4.78 is 34.9. The van der Waals surface area contributed by atoms with Gasteiger partial charge in [-0.25, -0.2) is 4.57 Å². The number of nitrogens with zero attached hydrogens (tertiary/aromatic N) is 1. The highest BCUT2D eigenvalue weighted by atomic mass is 31.2. The van der Waals surface area contributed by atoms with E-state index in [2.05, 4.69) is 62.5 Å². The van der Waals surface area contributed by atoms with Crippen LogP contribution < -0.4 is 0 Å². The summed E-state index contributed by atoms with van der Waals surface area (Å²) in [5, 5.41) is 0. The Morgan fingerprint density at radius 1 is 0.615 bits per heavy atom. The van der Waals surface area contributed by atoms with E-state index in [9.17, 15) is 14.3 Å². The molecule has 0 heterocycles. The molecule has 8 nitrogen and oxygen atoms in total. The van der Waals surface area contributed by atoms with Gasteiger partial charge in [-0.05, 0) is 51.4 Å². The molecule has 2 atom stereocenters. The molecule has 0 aliphatic heterocycles. The van der Waals surface area contributed by atoms with Crippen LogP contribution in [0.1, 0.15) is 162 Å². The fourth-order valence-electron chi connectivity index (χ4n) is 5.42. The second-order valence-corrected chi connectivity index (χ2v) is 16.4. The molecule has 52 heavy (non-hydrogen) atoms. The van der Waals surface area contributed by atoms with Gasteiger partial charge < -0.3 is 18.9 Å². The van der Waals surface area contributed by atoms with Crippen LogP contribution in [0.15, 0.2) is 48.6 Å². The number of phosphoric acid groups is 1. The lowest BCUT2D eigenvalue weighted by Gasteiger charge is -2.24. The van der Waals surface area contributed by atoms with E-state index in [0.29, 0.717) is 24.1 Å². The smallest absolute Gasteiger partial charge is 0.457 e. The number of hydrogen-bond acceptors (Lipinski definition) is 6. The molecule has 0 aliphatic carbocycles. The fraction of sp³-hybridized carbons (Fsp3) is 0.791. The lowest BCUT2D eigenvalue weighted by atomic mass is 10.0. The Morgan fingerprint density at radius 3 is 1.63 bits per heavy atom. The molecule has 0 aromatic heterocycles. The van der Waals surface area contributed by atoms with Crippen LogP contribution in [0.3, 0.4) is 0 Å². The molecule has 0 aliphatic rings. The van der Waals surface area contributed by atoms with Gasteiger partial charge >= 0.3 is 13.8 Å². The van der Waals surface area contributed by atoms with E-state index in [-0.39, 0.29) is 32.2 Å². The zero-order chi connectivity index (χ0) is 38.4. The van der Waals surface area contributed by atoms with Crippen molar-refractivity contribution in [2.45, 2.75) is 168 Å². The Balaban J connectivity index is 4.33. The number of allylic oxidation sites excluding steroid dienone is 8. The summed E-state index contributed by atoms with van der Waals surface area (Å²) in [6.45, 7) is 5.45. The van der Waals surface area contributed by atoms with E-state index in [0.717, 1.165) is 51.4 Å². The first-order valence-corrected chi connectivity index (χ1v) is 22.4. The number of esters is 1. The summed E-state index contributed by atoms with van der Waals surface area (Å²) in [6, 6.07) is 0. The molecule has 9 heteroatoms. The minimum absolute atomic E-state index is 0.0801. The van der Waals surface area contributed by atoms with Gasteiger partial charge in [0.15, 0.2) is 0 Å². The molecule has 0 aromatic carbocycles. The average Bonchev–Trinajstić information content (AvgIpc) is 3.09. The van der Waals surface area contributed by atoms with E-state index < -0.39 is 13.9 Å². The number of carbonyl (C=O) groups is 1. The first-order valence-electron chi connectivity index (χ1n) is 20.9. The molecule has 1 N–H and O–H groups in total. The second-order valence-electron chi connectivity index (χ2n) is 15.0. The van der Waals surface area contributed by atoms with Crippen LogP contribution in [-0.2, 0) is 27.9 Å². The molecule has 0 fully saturated rings. The van der Waals surface area contributed by atoms with Crippen molar-refractivity contribution in [3.8, 4) is 0 Å². The first-order chi connectivity index (χ1) is 25.1. The Hall–Kier alpha value is -1.54. The van der Waals surface area contributed by atoms with Gasteiger partial charge in [-0.15, -0.1) is 0 Å².